The maximum atomic E-state index is 12.6. The first-order chi connectivity index (χ1) is 12.0. The smallest absolute Gasteiger partial charge is 0.268 e. The highest BCUT2D eigenvalue weighted by molar-refractivity contribution is 6.00. The van der Waals surface area contributed by atoms with E-state index in [1.807, 2.05) is 44.2 Å². The van der Waals surface area contributed by atoms with Crippen LogP contribution in [0.2, 0.25) is 0 Å². The lowest BCUT2D eigenvalue weighted by molar-refractivity contribution is 0.0935. The fraction of sp³-hybridized carbons (Fsp3) is 0.250. The summed E-state index contributed by atoms with van der Waals surface area (Å²) in [5.41, 5.74) is 3.52. The summed E-state index contributed by atoms with van der Waals surface area (Å²) in [5, 5.41) is 3.90. The third-order valence-corrected chi connectivity index (χ3v) is 4.37. The Morgan fingerprint density at radius 3 is 2.56 bits per heavy atom. The summed E-state index contributed by atoms with van der Waals surface area (Å²) in [7, 11) is 3.19. The first-order valence-electron chi connectivity index (χ1n) is 8.14. The molecule has 1 heterocycles. The molecule has 130 valence electrons. The van der Waals surface area contributed by atoms with E-state index in [9.17, 15) is 4.79 Å². The minimum atomic E-state index is -0.159. The lowest BCUT2D eigenvalue weighted by Gasteiger charge is -2.16. The van der Waals surface area contributed by atoms with Gasteiger partial charge in [0.2, 0.25) is 0 Å². The number of benzene rings is 2. The van der Waals surface area contributed by atoms with Gasteiger partial charge in [0.25, 0.3) is 5.91 Å². The number of methoxy groups -OCH3 is 2. The van der Waals surface area contributed by atoms with Crippen molar-refractivity contribution >= 4 is 16.8 Å². The molecule has 0 saturated heterocycles. The highest BCUT2D eigenvalue weighted by Gasteiger charge is 2.16. The summed E-state index contributed by atoms with van der Waals surface area (Å²) in [6.45, 7) is 4.02. The molecule has 3 rings (SSSR count). The van der Waals surface area contributed by atoms with Gasteiger partial charge in [0.1, 0.15) is 17.2 Å². The summed E-state index contributed by atoms with van der Waals surface area (Å²) in [6.07, 6.45) is 0. The molecule has 2 N–H and O–H groups in total. The number of nitrogens with one attached hydrogen (secondary N) is 2. The molecule has 0 saturated carbocycles. The van der Waals surface area contributed by atoms with E-state index in [0.29, 0.717) is 17.2 Å². The number of aromatic amines is 1. The quantitative estimate of drug-likeness (QED) is 0.739. The lowest BCUT2D eigenvalue weighted by Crippen LogP contribution is -2.27. The number of hydrogen-bond donors (Lipinski definition) is 2. The topological polar surface area (TPSA) is 63.4 Å². The van der Waals surface area contributed by atoms with E-state index in [0.717, 1.165) is 22.0 Å². The largest absolute Gasteiger partial charge is 0.497 e. The van der Waals surface area contributed by atoms with Crippen molar-refractivity contribution in [2.24, 2.45) is 0 Å². The minimum absolute atomic E-state index is 0.0865. The zero-order chi connectivity index (χ0) is 18.0. The maximum absolute atomic E-state index is 12.6. The highest BCUT2D eigenvalue weighted by atomic mass is 16.5. The number of amides is 1. The summed E-state index contributed by atoms with van der Waals surface area (Å²) in [4.78, 5) is 15.8. The van der Waals surface area contributed by atoms with Crippen LogP contribution in [0, 0.1) is 6.92 Å². The number of H-pyrrole nitrogens is 1. The van der Waals surface area contributed by atoms with E-state index in [2.05, 4.69) is 10.3 Å². The molecular weight excluding hydrogens is 316 g/mol. The highest BCUT2D eigenvalue weighted by Crippen LogP contribution is 2.31. The Kier molecular flexibility index (Phi) is 4.65. The van der Waals surface area contributed by atoms with Crippen LogP contribution in [0.1, 0.15) is 34.6 Å². The van der Waals surface area contributed by atoms with Gasteiger partial charge >= 0.3 is 0 Å². The van der Waals surface area contributed by atoms with Crippen LogP contribution in [0.4, 0.5) is 0 Å². The molecule has 5 heteroatoms. The second kappa shape index (κ2) is 6.89. The average Bonchev–Trinajstić information content (AvgIpc) is 3.05. The van der Waals surface area contributed by atoms with Crippen LogP contribution in [0.15, 0.2) is 42.5 Å². The molecule has 0 fully saturated rings. The monoisotopic (exact) mass is 338 g/mol. The third-order valence-electron chi connectivity index (χ3n) is 4.37. The number of aromatic nitrogens is 1. The molecule has 0 spiro atoms. The van der Waals surface area contributed by atoms with Crippen LogP contribution in [-0.4, -0.2) is 25.1 Å². The molecule has 1 aromatic heterocycles. The number of ether oxygens (including phenoxy) is 2. The van der Waals surface area contributed by atoms with Gasteiger partial charge < -0.3 is 19.8 Å². The molecule has 3 aromatic rings. The second-order valence-corrected chi connectivity index (χ2v) is 6.03. The SMILES string of the molecule is COc1cc(OC)c2[nH]c(C(=O)N[C@@H](C)c3ccccc3C)cc2c1. The molecule has 25 heavy (non-hydrogen) atoms. The molecule has 5 nitrogen and oxygen atoms in total. The predicted molar refractivity (Wildman–Crippen MR) is 98.5 cm³/mol. The lowest BCUT2D eigenvalue weighted by atomic mass is 10.0. The molecule has 0 aliphatic carbocycles. The zero-order valence-electron chi connectivity index (χ0n) is 14.8. The van der Waals surface area contributed by atoms with Crippen LogP contribution in [0.3, 0.4) is 0 Å². The van der Waals surface area contributed by atoms with Gasteiger partial charge in [-0.05, 0) is 37.1 Å². The van der Waals surface area contributed by atoms with Crippen molar-refractivity contribution in [2.75, 3.05) is 14.2 Å². The molecule has 0 aliphatic heterocycles. The van der Waals surface area contributed by atoms with Crippen molar-refractivity contribution < 1.29 is 14.3 Å². The minimum Gasteiger partial charge on any atom is -0.497 e. The Labute approximate surface area is 147 Å². The van der Waals surface area contributed by atoms with Gasteiger partial charge in [-0.2, -0.15) is 0 Å². The average molecular weight is 338 g/mol. The van der Waals surface area contributed by atoms with Gasteiger partial charge in [0.15, 0.2) is 0 Å². The fourth-order valence-electron chi connectivity index (χ4n) is 3.01. The van der Waals surface area contributed by atoms with Gasteiger partial charge in [-0.1, -0.05) is 24.3 Å². The Balaban J connectivity index is 1.88. The number of rotatable bonds is 5. The molecular formula is C20H22N2O3. The maximum Gasteiger partial charge on any atom is 0.268 e. The van der Waals surface area contributed by atoms with Gasteiger partial charge in [-0.25, -0.2) is 0 Å². The Hall–Kier alpha value is -2.95. The molecule has 1 atom stereocenters. The number of carbonyl (C=O) groups is 1. The van der Waals surface area contributed by atoms with Crippen molar-refractivity contribution in [3.8, 4) is 11.5 Å². The van der Waals surface area contributed by atoms with Gasteiger partial charge in [0.05, 0.1) is 25.8 Å². The second-order valence-electron chi connectivity index (χ2n) is 6.03. The van der Waals surface area contributed by atoms with Crippen LogP contribution in [0.25, 0.3) is 10.9 Å². The van der Waals surface area contributed by atoms with Crippen molar-refractivity contribution in [1.29, 1.82) is 0 Å². The molecule has 0 radical (unpaired) electrons. The number of aryl methyl sites for hydroxylation is 1. The summed E-state index contributed by atoms with van der Waals surface area (Å²) < 4.78 is 10.7. The summed E-state index contributed by atoms with van der Waals surface area (Å²) >= 11 is 0. The Morgan fingerprint density at radius 2 is 1.88 bits per heavy atom. The molecule has 1 amide bonds. The van der Waals surface area contributed by atoms with Gasteiger partial charge in [0, 0.05) is 11.5 Å². The van der Waals surface area contributed by atoms with Crippen LogP contribution in [-0.2, 0) is 0 Å². The van der Waals surface area contributed by atoms with E-state index < -0.39 is 0 Å². The van der Waals surface area contributed by atoms with Gasteiger partial charge in [-0.3, -0.25) is 4.79 Å². The summed E-state index contributed by atoms with van der Waals surface area (Å²) in [5.74, 6) is 1.16. The molecule has 2 aromatic carbocycles. The van der Waals surface area contributed by atoms with Crippen molar-refractivity contribution in [2.45, 2.75) is 19.9 Å². The van der Waals surface area contributed by atoms with E-state index in [1.165, 1.54) is 0 Å². The number of carbonyl (C=O) groups excluding carboxylic acids is 1. The fourth-order valence-corrected chi connectivity index (χ4v) is 3.01. The van der Waals surface area contributed by atoms with Crippen LogP contribution >= 0.6 is 0 Å². The standard InChI is InChI=1S/C20H22N2O3/c1-12-7-5-6-8-16(12)13(2)21-20(23)17-10-14-9-15(24-3)11-18(25-4)19(14)22-17/h5-11,13,22H,1-4H3,(H,21,23)/t13-/m0/s1. The van der Waals surface area contributed by atoms with E-state index in [4.69, 9.17) is 9.47 Å². The van der Waals surface area contributed by atoms with Gasteiger partial charge in [-0.15, -0.1) is 0 Å². The van der Waals surface area contributed by atoms with Crippen molar-refractivity contribution in [3.05, 3.63) is 59.3 Å². The Bertz CT molecular complexity index is 914. The Morgan fingerprint density at radius 1 is 1.12 bits per heavy atom. The molecule has 0 unspecified atom stereocenters. The number of hydrogen-bond acceptors (Lipinski definition) is 3. The van der Waals surface area contributed by atoms with E-state index in [-0.39, 0.29) is 11.9 Å². The van der Waals surface area contributed by atoms with Crippen LogP contribution < -0.4 is 14.8 Å². The number of fused-ring (bicyclic) bond motifs is 1. The first-order valence-corrected chi connectivity index (χ1v) is 8.14. The van der Waals surface area contributed by atoms with Crippen molar-refractivity contribution in [1.82, 2.24) is 10.3 Å². The zero-order valence-corrected chi connectivity index (χ0v) is 14.8. The third kappa shape index (κ3) is 3.31. The van der Waals surface area contributed by atoms with E-state index >= 15 is 0 Å². The summed E-state index contributed by atoms with van der Waals surface area (Å²) in [6, 6.07) is 13.4. The molecule has 0 aliphatic rings. The van der Waals surface area contributed by atoms with E-state index in [1.54, 1.807) is 26.4 Å². The van der Waals surface area contributed by atoms with Crippen LogP contribution in [0.5, 0.6) is 11.5 Å². The normalized spacial score (nSPS) is 12.0. The molecule has 0 bridgehead atoms. The first kappa shape index (κ1) is 16.9. The predicted octanol–water partition coefficient (Wildman–Crippen LogP) is 3.98. The van der Waals surface area contributed by atoms with Crippen molar-refractivity contribution in [3.63, 3.8) is 0 Å².